The number of sulfonamides is 1. The molecule has 2 heterocycles. The highest BCUT2D eigenvalue weighted by Gasteiger charge is 2.31. The lowest BCUT2D eigenvalue weighted by atomic mass is 10.1. The van der Waals surface area contributed by atoms with E-state index in [-0.39, 0.29) is 21.9 Å². The molecule has 1 amide bonds. The number of benzene rings is 2. The van der Waals surface area contributed by atoms with Crippen LogP contribution >= 0.6 is 11.6 Å². The molecule has 0 spiro atoms. The van der Waals surface area contributed by atoms with E-state index in [9.17, 15) is 17.6 Å². The van der Waals surface area contributed by atoms with Crippen LogP contribution < -0.4 is 4.72 Å². The highest BCUT2D eigenvalue weighted by atomic mass is 35.5. The van der Waals surface area contributed by atoms with Crippen LogP contribution in [0.25, 0.3) is 0 Å². The highest BCUT2D eigenvalue weighted by Crippen LogP contribution is 2.25. The van der Waals surface area contributed by atoms with E-state index in [0.717, 1.165) is 57.2 Å². The minimum Gasteiger partial charge on any atom is -0.334 e. The molecule has 0 aliphatic carbocycles. The maximum absolute atomic E-state index is 13.3. The van der Waals surface area contributed by atoms with Gasteiger partial charge in [-0.25, -0.2) is 12.8 Å². The zero-order valence-electron chi connectivity index (χ0n) is 17.1. The van der Waals surface area contributed by atoms with E-state index in [4.69, 9.17) is 11.6 Å². The number of nitrogens with one attached hydrogen (secondary N) is 1. The van der Waals surface area contributed by atoms with E-state index in [1.54, 1.807) is 24.3 Å². The van der Waals surface area contributed by atoms with Crippen molar-refractivity contribution in [2.45, 2.75) is 36.6 Å². The summed E-state index contributed by atoms with van der Waals surface area (Å²) in [5.41, 5.74) is 0.841. The number of hydrogen-bond acceptors (Lipinski definition) is 4. The van der Waals surface area contributed by atoms with Gasteiger partial charge in [-0.3, -0.25) is 9.52 Å². The third kappa shape index (κ3) is 5.02. The van der Waals surface area contributed by atoms with E-state index in [2.05, 4.69) is 9.62 Å². The predicted octanol–water partition coefficient (Wildman–Crippen LogP) is 3.98. The van der Waals surface area contributed by atoms with Crippen LogP contribution in [0, 0.1) is 5.82 Å². The Bertz CT molecular complexity index is 1060. The standard InChI is InChI=1S/C22H25ClFN3O3S/c23-20-14-19(9-10-21(20)24)31(29,30)25-17-7-5-16(6-8-17)22(28)27-13-3-4-18(27)15-26-11-1-2-12-26/h5-10,14,18,25H,1-4,11-13,15H2. The first-order valence-corrected chi connectivity index (χ1v) is 12.3. The van der Waals surface area contributed by atoms with Crippen LogP contribution in [0.1, 0.15) is 36.0 Å². The molecule has 2 aliphatic heterocycles. The quantitative estimate of drug-likeness (QED) is 0.700. The molecule has 2 saturated heterocycles. The predicted molar refractivity (Wildman–Crippen MR) is 118 cm³/mol. The lowest BCUT2D eigenvalue weighted by molar-refractivity contribution is 0.0709. The number of amides is 1. The number of anilines is 1. The Labute approximate surface area is 187 Å². The largest absolute Gasteiger partial charge is 0.334 e. The van der Waals surface area contributed by atoms with Gasteiger partial charge in [0, 0.05) is 30.4 Å². The second-order valence-electron chi connectivity index (χ2n) is 8.06. The summed E-state index contributed by atoms with van der Waals surface area (Å²) in [6.45, 7) is 3.88. The van der Waals surface area contributed by atoms with Gasteiger partial charge in [-0.2, -0.15) is 0 Å². The number of rotatable bonds is 6. The van der Waals surface area contributed by atoms with Crippen LogP contribution in [0.2, 0.25) is 5.02 Å². The van der Waals surface area contributed by atoms with Gasteiger partial charge >= 0.3 is 0 Å². The number of carbonyl (C=O) groups excluding carboxylic acids is 1. The summed E-state index contributed by atoms with van der Waals surface area (Å²) in [4.78, 5) is 17.3. The van der Waals surface area contributed by atoms with Crippen molar-refractivity contribution in [1.29, 1.82) is 0 Å². The Balaban J connectivity index is 1.43. The molecule has 4 rings (SSSR count). The minimum absolute atomic E-state index is 0.0265. The average Bonchev–Trinajstić information content (AvgIpc) is 3.42. The Morgan fingerprint density at radius 2 is 1.77 bits per heavy atom. The summed E-state index contributed by atoms with van der Waals surface area (Å²) >= 11 is 5.69. The monoisotopic (exact) mass is 465 g/mol. The van der Waals surface area contributed by atoms with E-state index in [1.165, 1.54) is 12.8 Å². The van der Waals surface area contributed by atoms with Gasteiger partial charge in [0.15, 0.2) is 0 Å². The molecule has 6 nitrogen and oxygen atoms in total. The van der Waals surface area contributed by atoms with Gasteiger partial charge < -0.3 is 9.80 Å². The first-order chi connectivity index (χ1) is 14.8. The Hall–Kier alpha value is -2.16. The number of nitrogens with zero attached hydrogens (tertiary/aromatic N) is 2. The molecule has 2 fully saturated rings. The van der Waals surface area contributed by atoms with Gasteiger partial charge in [0.05, 0.1) is 9.92 Å². The molecule has 2 aliphatic rings. The van der Waals surface area contributed by atoms with Crippen LogP contribution in [0.4, 0.5) is 10.1 Å². The highest BCUT2D eigenvalue weighted by molar-refractivity contribution is 7.92. The number of hydrogen-bond donors (Lipinski definition) is 1. The van der Waals surface area contributed by atoms with Gasteiger partial charge in [-0.1, -0.05) is 11.6 Å². The van der Waals surface area contributed by atoms with Crippen molar-refractivity contribution in [3.05, 3.63) is 58.9 Å². The number of halogens is 2. The Kier molecular flexibility index (Phi) is 6.50. The fraction of sp³-hybridized carbons (Fsp3) is 0.409. The lowest BCUT2D eigenvalue weighted by Crippen LogP contribution is -2.42. The molecule has 31 heavy (non-hydrogen) atoms. The third-order valence-electron chi connectivity index (χ3n) is 5.89. The first kappa shape index (κ1) is 22.0. The van der Waals surface area contributed by atoms with Gasteiger partial charge in [-0.05, 0) is 81.2 Å². The zero-order chi connectivity index (χ0) is 22.0. The van der Waals surface area contributed by atoms with Crippen LogP contribution in [0.15, 0.2) is 47.4 Å². The van der Waals surface area contributed by atoms with Crippen molar-refractivity contribution in [1.82, 2.24) is 9.80 Å². The van der Waals surface area contributed by atoms with Crippen LogP contribution in [0.3, 0.4) is 0 Å². The fourth-order valence-corrected chi connectivity index (χ4v) is 5.59. The van der Waals surface area contributed by atoms with E-state index < -0.39 is 15.8 Å². The zero-order valence-corrected chi connectivity index (χ0v) is 18.6. The SMILES string of the molecule is O=C(c1ccc(NS(=O)(=O)c2ccc(F)c(Cl)c2)cc1)N1CCCC1CN1CCCC1. The molecule has 1 N–H and O–H groups in total. The van der Waals surface area contributed by atoms with Crippen LogP contribution in [0.5, 0.6) is 0 Å². The summed E-state index contributed by atoms with van der Waals surface area (Å²) in [5.74, 6) is -0.713. The van der Waals surface area contributed by atoms with Gasteiger partial charge in [0.2, 0.25) is 0 Å². The van der Waals surface area contributed by atoms with E-state index >= 15 is 0 Å². The minimum atomic E-state index is -3.93. The maximum Gasteiger partial charge on any atom is 0.261 e. The van der Waals surface area contributed by atoms with Gasteiger partial charge in [0.1, 0.15) is 5.82 Å². The lowest BCUT2D eigenvalue weighted by Gasteiger charge is -2.28. The molecule has 2 aromatic carbocycles. The molecule has 0 saturated carbocycles. The molecule has 1 atom stereocenters. The van der Waals surface area contributed by atoms with E-state index in [0.29, 0.717) is 11.3 Å². The second kappa shape index (κ2) is 9.14. The van der Waals surface area contributed by atoms with Gasteiger partial charge in [0.25, 0.3) is 15.9 Å². The topological polar surface area (TPSA) is 69.7 Å². The van der Waals surface area contributed by atoms with E-state index in [1.807, 2.05) is 4.90 Å². The molecular weight excluding hydrogens is 441 g/mol. The van der Waals surface area contributed by atoms with Gasteiger partial charge in [-0.15, -0.1) is 0 Å². The smallest absolute Gasteiger partial charge is 0.261 e. The Morgan fingerprint density at radius 3 is 2.45 bits per heavy atom. The Morgan fingerprint density at radius 1 is 1.06 bits per heavy atom. The summed E-state index contributed by atoms with van der Waals surface area (Å²) in [6.07, 6.45) is 4.47. The van der Waals surface area contributed by atoms with Crippen LogP contribution in [-0.4, -0.2) is 56.3 Å². The molecule has 0 aromatic heterocycles. The van der Waals surface area contributed by atoms with Crippen molar-refractivity contribution in [2.24, 2.45) is 0 Å². The maximum atomic E-state index is 13.3. The molecule has 0 bridgehead atoms. The summed E-state index contributed by atoms with van der Waals surface area (Å²) in [5, 5.41) is -0.266. The van der Waals surface area contributed by atoms with Crippen molar-refractivity contribution in [3.8, 4) is 0 Å². The number of carbonyl (C=O) groups is 1. The summed E-state index contributed by atoms with van der Waals surface area (Å²) in [6, 6.07) is 9.81. The van der Waals surface area contributed by atoms with Crippen molar-refractivity contribution in [2.75, 3.05) is 30.9 Å². The van der Waals surface area contributed by atoms with Crippen molar-refractivity contribution in [3.63, 3.8) is 0 Å². The fourth-order valence-electron chi connectivity index (χ4n) is 4.26. The first-order valence-electron chi connectivity index (χ1n) is 10.4. The molecular formula is C22H25ClFN3O3S. The number of likely N-dealkylation sites (tertiary alicyclic amines) is 2. The molecule has 9 heteroatoms. The van der Waals surface area contributed by atoms with Crippen molar-refractivity contribution < 1.29 is 17.6 Å². The molecule has 2 aromatic rings. The molecule has 1 unspecified atom stereocenters. The average molecular weight is 466 g/mol. The second-order valence-corrected chi connectivity index (χ2v) is 10.2. The third-order valence-corrected chi connectivity index (χ3v) is 7.56. The van der Waals surface area contributed by atoms with Crippen LogP contribution in [-0.2, 0) is 10.0 Å². The summed E-state index contributed by atoms with van der Waals surface area (Å²) in [7, 11) is -3.93. The summed E-state index contributed by atoms with van der Waals surface area (Å²) < 4.78 is 40.8. The normalized spacial score (nSPS) is 19.7. The molecule has 166 valence electrons. The molecule has 0 radical (unpaired) electrons. The van der Waals surface area contributed by atoms with Crippen molar-refractivity contribution >= 4 is 33.2 Å².